The van der Waals surface area contributed by atoms with E-state index in [2.05, 4.69) is 34.7 Å². The molecule has 0 aromatic carbocycles. The molecule has 1 saturated heterocycles. The van der Waals surface area contributed by atoms with Crippen LogP contribution in [0.3, 0.4) is 0 Å². The summed E-state index contributed by atoms with van der Waals surface area (Å²) in [6.07, 6.45) is 6.56. The molecule has 1 atom stereocenters. The molecule has 146 valence electrons. The summed E-state index contributed by atoms with van der Waals surface area (Å²) in [7, 11) is 1.70. The molecule has 1 aliphatic carbocycles. The van der Waals surface area contributed by atoms with Crippen molar-refractivity contribution in [2.75, 3.05) is 25.5 Å². The molecule has 5 rings (SSSR count). The molecule has 7 nitrogen and oxygen atoms in total. The van der Waals surface area contributed by atoms with Crippen molar-refractivity contribution in [3.63, 3.8) is 0 Å². The van der Waals surface area contributed by atoms with Crippen LogP contribution < -0.4 is 15.4 Å². The van der Waals surface area contributed by atoms with Crippen LogP contribution in [0.25, 0.3) is 17.0 Å². The van der Waals surface area contributed by atoms with Crippen molar-refractivity contribution >= 4 is 11.5 Å². The maximum atomic E-state index is 5.55. The first-order valence-electron chi connectivity index (χ1n) is 10.1. The summed E-state index contributed by atoms with van der Waals surface area (Å²) in [5.41, 5.74) is 4.77. The van der Waals surface area contributed by atoms with E-state index in [0.29, 0.717) is 12.0 Å². The number of rotatable bonds is 5. The van der Waals surface area contributed by atoms with Crippen molar-refractivity contribution in [1.29, 1.82) is 0 Å². The molecule has 2 fully saturated rings. The second-order valence-electron chi connectivity index (χ2n) is 7.89. The van der Waals surface area contributed by atoms with Gasteiger partial charge in [0.05, 0.1) is 19.0 Å². The van der Waals surface area contributed by atoms with Crippen molar-refractivity contribution in [2.24, 2.45) is 0 Å². The molecule has 0 amide bonds. The van der Waals surface area contributed by atoms with E-state index in [-0.39, 0.29) is 0 Å². The smallest absolute Gasteiger partial charge is 0.157 e. The van der Waals surface area contributed by atoms with Gasteiger partial charge in [0.2, 0.25) is 0 Å². The van der Waals surface area contributed by atoms with Crippen LogP contribution in [0.15, 0.2) is 24.4 Å². The predicted molar refractivity (Wildman–Crippen MR) is 109 cm³/mol. The number of pyridine rings is 1. The average Bonchev–Trinajstić information content (AvgIpc) is 3.46. The zero-order valence-electron chi connectivity index (χ0n) is 16.4. The van der Waals surface area contributed by atoms with E-state index in [1.807, 2.05) is 16.8 Å². The molecule has 0 unspecified atom stereocenters. The minimum Gasteiger partial charge on any atom is -0.495 e. The lowest BCUT2D eigenvalue weighted by Gasteiger charge is -2.24. The fourth-order valence-electron chi connectivity index (χ4n) is 3.95. The van der Waals surface area contributed by atoms with E-state index < -0.39 is 0 Å². The Morgan fingerprint density at radius 2 is 2.11 bits per heavy atom. The van der Waals surface area contributed by atoms with Gasteiger partial charge in [0.15, 0.2) is 5.65 Å². The lowest BCUT2D eigenvalue weighted by Crippen LogP contribution is -2.38. The summed E-state index contributed by atoms with van der Waals surface area (Å²) in [6, 6.07) is 6.60. The summed E-state index contributed by atoms with van der Waals surface area (Å²) in [4.78, 5) is 9.43. The predicted octanol–water partition coefficient (Wildman–Crippen LogP) is 3.15. The number of methoxy groups -OCH3 is 1. The highest BCUT2D eigenvalue weighted by Crippen LogP contribution is 2.43. The highest BCUT2D eigenvalue weighted by Gasteiger charge is 2.29. The molecule has 7 heteroatoms. The summed E-state index contributed by atoms with van der Waals surface area (Å²) < 4.78 is 7.45. The van der Waals surface area contributed by atoms with Crippen LogP contribution in [0.1, 0.15) is 42.9 Å². The van der Waals surface area contributed by atoms with Gasteiger partial charge in [0.25, 0.3) is 0 Å². The van der Waals surface area contributed by atoms with Crippen LogP contribution in [0.2, 0.25) is 0 Å². The van der Waals surface area contributed by atoms with Gasteiger partial charge in [0, 0.05) is 24.6 Å². The first-order chi connectivity index (χ1) is 13.7. The summed E-state index contributed by atoms with van der Waals surface area (Å²) in [5, 5.41) is 11.9. The van der Waals surface area contributed by atoms with Crippen molar-refractivity contribution in [2.45, 2.75) is 44.6 Å². The van der Waals surface area contributed by atoms with Crippen molar-refractivity contribution in [1.82, 2.24) is 24.9 Å². The number of piperidine rings is 1. The van der Waals surface area contributed by atoms with Crippen LogP contribution in [0.4, 0.5) is 5.82 Å². The molecule has 28 heavy (non-hydrogen) atoms. The Morgan fingerprint density at radius 3 is 2.86 bits per heavy atom. The van der Waals surface area contributed by atoms with E-state index in [1.165, 1.54) is 31.2 Å². The Kier molecular flexibility index (Phi) is 4.39. The molecular weight excluding hydrogens is 352 g/mol. The van der Waals surface area contributed by atoms with Gasteiger partial charge in [-0.25, -0.2) is 14.5 Å². The Balaban J connectivity index is 1.53. The van der Waals surface area contributed by atoms with E-state index in [4.69, 9.17) is 14.8 Å². The van der Waals surface area contributed by atoms with Gasteiger partial charge >= 0.3 is 0 Å². The van der Waals surface area contributed by atoms with E-state index in [1.54, 1.807) is 7.11 Å². The fraction of sp³-hybridized carbons (Fsp3) is 0.476. The van der Waals surface area contributed by atoms with Crippen LogP contribution in [0.5, 0.6) is 5.75 Å². The van der Waals surface area contributed by atoms with Gasteiger partial charge in [0.1, 0.15) is 23.0 Å². The van der Waals surface area contributed by atoms with Crippen molar-refractivity contribution < 1.29 is 4.74 Å². The number of nitrogens with zero attached hydrogens (tertiary/aromatic N) is 4. The van der Waals surface area contributed by atoms with Crippen molar-refractivity contribution in [3.8, 4) is 17.1 Å². The monoisotopic (exact) mass is 378 g/mol. The summed E-state index contributed by atoms with van der Waals surface area (Å²) in [6.45, 7) is 4.18. The highest BCUT2D eigenvalue weighted by atomic mass is 16.5. The molecule has 3 aromatic rings. The number of aryl methyl sites for hydroxylation is 1. The first-order valence-corrected chi connectivity index (χ1v) is 10.1. The minimum absolute atomic E-state index is 0.418. The average molecular weight is 378 g/mol. The number of anilines is 1. The zero-order chi connectivity index (χ0) is 19.1. The number of fused-ring (bicyclic) bond motifs is 1. The SMILES string of the molecule is COc1cc2ncc(-c3cc(C)cc(N[C@@H]4CCCNC4)n3)n2nc1C1CC1. The molecule has 0 bridgehead atoms. The molecular formula is C21H26N6O. The second-order valence-corrected chi connectivity index (χ2v) is 7.89. The number of hydrogen-bond acceptors (Lipinski definition) is 6. The van der Waals surface area contributed by atoms with Gasteiger partial charge < -0.3 is 15.4 Å². The number of hydrogen-bond donors (Lipinski definition) is 2. The fourth-order valence-corrected chi connectivity index (χ4v) is 3.95. The van der Waals surface area contributed by atoms with Gasteiger partial charge in [-0.1, -0.05) is 0 Å². The molecule has 0 spiro atoms. The Bertz CT molecular complexity index is 1000. The Hall–Kier alpha value is -2.67. The maximum Gasteiger partial charge on any atom is 0.157 e. The molecule has 2 N–H and O–H groups in total. The van der Waals surface area contributed by atoms with Gasteiger partial charge in [-0.2, -0.15) is 5.10 Å². The van der Waals surface area contributed by atoms with Crippen LogP contribution >= 0.6 is 0 Å². The molecule has 1 aliphatic heterocycles. The van der Waals surface area contributed by atoms with Crippen molar-refractivity contribution in [3.05, 3.63) is 35.7 Å². The van der Waals surface area contributed by atoms with E-state index in [0.717, 1.165) is 47.4 Å². The quantitative estimate of drug-likeness (QED) is 0.710. The van der Waals surface area contributed by atoms with Gasteiger partial charge in [-0.3, -0.25) is 0 Å². The molecule has 1 saturated carbocycles. The molecule has 2 aliphatic rings. The van der Waals surface area contributed by atoms with Crippen LogP contribution in [-0.2, 0) is 0 Å². The van der Waals surface area contributed by atoms with Crippen LogP contribution in [0, 0.1) is 6.92 Å². The standard InChI is InChI=1S/C21H26N6O/c1-13-8-16(25-19(9-13)24-15-4-3-7-22-11-15)17-12-23-20-10-18(28-2)21(14-5-6-14)26-27(17)20/h8-10,12,14-15,22H,3-7,11H2,1-2H3,(H,24,25)/t15-/m1/s1. The lowest BCUT2D eigenvalue weighted by atomic mass is 10.1. The summed E-state index contributed by atoms with van der Waals surface area (Å²) >= 11 is 0. The number of nitrogens with one attached hydrogen (secondary N) is 2. The summed E-state index contributed by atoms with van der Waals surface area (Å²) in [5.74, 6) is 2.24. The third-order valence-corrected chi connectivity index (χ3v) is 5.55. The maximum absolute atomic E-state index is 5.55. The minimum atomic E-state index is 0.418. The second kappa shape index (κ2) is 7.05. The topological polar surface area (TPSA) is 76.4 Å². The largest absolute Gasteiger partial charge is 0.495 e. The van der Waals surface area contributed by atoms with Gasteiger partial charge in [-0.15, -0.1) is 0 Å². The number of aromatic nitrogens is 4. The van der Waals surface area contributed by atoms with E-state index in [9.17, 15) is 0 Å². The third-order valence-electron chi connectivity index (χ3n) is 5.55. The third kappa shape index (κ3) is 3.30. The van der Waals surface area contributed by atoms with Gasteiger partial charge in [-0.05, 0) is 56.8 Å². The molecule has 4 heterocycles. The molecule has 0 radical (unpaired) electrons. The highest BCUT2D eigenvalue weighted by molar-refractivity contribution is 5.63. The Morgan fingerprint density at radius 1 is 1.21 bits per heavy atom. The first kappa shape index (κ1) is 17.4. The number of ether oxygens (including phenoxy) is 1. The Labute approximate surface area is 164 Å². The zero-order valence-corrected chi connectivity index (χ0v) is 16.4. The van der Waals surface area contributed by atoms with Crippen LogP contribution in [-0.4, -0.2) is 45.8 Å². The number of imidazole rings is 1. The van der Waals surface area contributed by atoms with E-state index >= 15 is 0 Å². The molecule has 3 aromatic heterocycles. The lowest BCUT2D eigenvalue weighted by molar-refractivity contribution is 0.405. The normalized spacial score (nSPS) is 19.7.